The highest BCUT2D eigenvalue weighted by Gasteiger charge is 2.12. The molecule has 110 valence electrons. The van der Waals surface area contributed by atoms with E-state index in [1.807, 2.05) is 36.4 Å². The number of nitriles is 1. The van der Waals surface area contributed by atoms with E-state index in [-0.39, 0.29) is 5.57 Å². The third kappa shape index (κ3) is 3.86. The van der Waals surface area contributed by atoms with E-state index in [2.05, 4.69) is 27.9 Å². The molecular weight excluding hydrogens is 391 g/mol. The van der Waals surface area contributed by atoms with Crippen LogP contribution >= 0.6 is 22.6 Å². The fourth-order valence-corrected chi connectivity index (χ4v) is 2.38. The molecule has 0 saturated carbocycles. The quantitative estimate of drug-likeness (QED) is 0.479. The number of nitrogens with one attached hydrogen (secondary N) is 1. The molecule has 4 nitrogen and oxygen atoms in total. The van der Waals surface area contributed by atoms with Crippen molar-refractivity contribution in [1.82, 2.24) is 0 Å². The van der Waals surface area contributed by atoms with Gasteiger partial charge in [-0.05, 0) is 52.4 Å². The second kappa shape index (κ2) is 7.61. The molecule has 0 aliphatic rings. The van der Waals surface area contributed by atoms with E-state index in [0.717, 1.165) is 9.13 Å². The molecule has 0 heterocycles. The van der Waals surface area contributed by atoms with Crippen molar-refractivity contribution in [2.75, 3.05) is 12.4 Å². The fraction of sp³-hybridized carbons (Fsp3) is 0.0588. The van der Waals surface area contributed by atoms with Crippen LogP contribution in [0.15, 0.2) is 54.1 Å². The first kappa shape index (κ1) is 16.0. The Morgan fingerprint density at radius 1 is 1.23 bits per heavy atom. The van der Waals surface area contributed by atoms with Gasteiger partial charge in [0, 0.05) is 3.57 Å². The van der Waals surface area contributed by atoms with Crippen LogP contribution in [0.5, 0.6) is 5.75 Å². The molecule has 0 aliphatic heterocycles. The molecule has 0 fully saturated rings. The molecule has 0 aliphatic carbocycles. The zero-order chi connectivity index (χ0) is 15.9. The molecule has 0 atom stereocenters. The number of methoxy groups -OCH3 is 1. The van der Waals surface area contributed by atoms with Gasteiger partial charge < -0.3 is 10.1 Å². The molecule has 0 unspecified atom stereocenters. The predicted molar refractivity (Wildman–Crippen MR) is 94.4 cm³/mol. The summed E-state index contributed by atoms with van der Waals surface area (Å²) in [4.78, 5) is 12.3. The summed E-state index contributed by atoms with van der Waals surface area (Å²) in [6, 6.07) is 16.5. The lowest BCUT2D eigenvalue weighted by molar-refractivity contribution is -0.112. The van der Waals surface area contributed by atoms with Crippen molar-refractivity contribution in [1.29, 1.82) is 5.26 Å². The Kier molecular flexibility index (Phi) is 5.55. The first-order chi connectivity index (χ1) is 10.7. The zero-order valence-corrected chi connectivity index (χ0v) is 14.0. The Morgan fingerprint density at radius 3 is 2.59 bits per heavy atom. The fourth-order valence-electron chi connectivity index (χ4n) is 1.83. The summed E-state index contributed by atoms with van der Waals surface area (Å²) >= 11 is 2.16. The summed E-state index contributed by atoms with van der Waals surface area (Å²) < 4.78 is 6.15. The minimum atomic E-state index is -0.466. The monoisotopic (exact) mass is 404 g/mol. The Bertz CT molecular complexity index is 763. The summed E-state index contributed by atoms with van der Waals surface area (Å²) in [6.45, 7) is 0. The highest BCUT2D eigenvalue weighted by Crippen LogP contribution is 2.24. The third-order valence-corrected chi connectivity index (χ3v) is 3.91. The van der Waals surface area contributed by atoms with E-state index in [1.54, 1.807) is 24.3 Å². The van der Waals surface area contributed by atoms with Gasteiger partial charge in [-0.15, -0.1) is 0 Å². The van der Waals surface area contributed by atoms with Crippen molar-refractivity contribution in [3.8, 4) is 11.8 Å². The number of rotatable bonds is 4. The zero-order valence-electron chi connectivity index (χ0n) is 11.8. The Hall–Kier alpha value is -2.33. The number of amides is 1. The molecule has 1 amide bonds. The summed E-state index contributed by atoms with van der Waals surface area (Å²) in [5.41, 5.74) is 1.39. The molecule has 0 saturated heterocycles. The smallest absolute Gasteiger partial charge is 0.266 e. The number of anilines is 1. The highest BCUT2D eigenvalue weighted by molar-refractivity contribution is 14.1. The number of nitrogens with zero attached hydrogens (tertiary/aromatic N) is 1. The maximum absolute atomic E-state index is 12.3. The van der Waals surface area contributed by atoms with Gasteiger partial charge >= 0.3 is 0 Å². The van der Waals surface area contributed by atoms with Gasteiger partial charge in [0.1, 0.15) is 17.4 Å². The normalized spacial score (nSPS) is 10.7. The van der Waals surface area contributed by atoms with E-state index in [9.17, 15) is 10.1 Å². The Morgan fingerprint density at radius 2 is 1.91 bits per heavy atom. The van der Waals surface area contributed by atoms with Crippen LogP contribution in [0.2, 0.25) is 0 Å². The lowest BCUT2D eigenvalue weighted by atomic mass is 10.1. The van der Waals surface area contributed by atoms with Crippen LogP contribution in [-0.2, 0) is 4.79 Å². The van der Waals surface area contributed by atoms with Gasteiger partial charge in [0.05, 0.1) is 12.8 Å². The van der Waals surface area contributed by atoms with Crippen LogP contribution in [-0.4, -0.2) is 13.0 Å². The molecule has 0 spiro atoms. The molecule has 2 rings (SSSR count). The number of carbonyl (C=O) groups excluding carboxylic acids is 1. The van der Waals surface area contributed by atoms with E-state index < -0.39 is 5.91 Å². The van der Waals surface area contributed by atoms with Crippen molar-refractivity contribution in [3.05, 3.63) is 63.2 Å². The van der Waals surface area contributed by atoms with Gasteiger partial charge in [-0.3, -0.25) is 4.79 Å². The number of hydrogen-bond donors (Lipinski definition) is 1. The predicted octanol–water partition coefficient (Wildman–Crippen LogP) is 3.85. The van der Waals surface area contributed by atoms with E-state index in [0.29, 0.717) is 11.4 Å². The second-order valence-corrected chi connectivity index (χ2v) is 5.51. The average Bonchev–Trinajstić information content (AvgIpc) is 2.54. The van der Waals surface area contributed by atoms with Crippen molar-refractivity contribution in [3.63, 3.8) is 0 Å². The van der Waals surface area contributed by atoms with E-state index >= 15 is 0 Å². The molecule has 5 heteroatoms. The van der Waals surface area contributed by atoms with Crippen LogP contribution < -0.4 is 10.1 Å². The first-order valence-corrected chi connectivity index (χ1v) is 7.54. The first-order valence-electron chi connectivity index (χ1n) is 6.46. The van der Waals surface area contributed by atoms with Gasteiger partial charge in [0.2, 0.25) is 0 Å². The number of carbonyl (C=O) groups is 1. The van der Waals surface area contributed by atoms with Gasteiger partial charge in [-0.2, -0.15) is 5.26 Å². The van der Waals surface area contributed by atoms with Crippen LogP contribution in [0.4, 0.5) is 5.69 Å². The average molecular weight is 404 g/mol. The number of benzene rings is 2. The Balaban J connectivity index is 2.27. The molecule has 22 heavy (non-hydrogen) atoms. The van der Waals surface area contributed by atoms with Gasteiger partial charge in [-0.25, -0.2) is 0 Å². The van der Waals surface area contributed by atoms with Crippen molar-refractivity contribution in [2.45, 2.75) is 0 Å². The van der Waals surface area contributed by atoms with Crippen molar-refractivity contribution >= 4 is 40.3 Å². The molecular formula is C17H13IN2O2. The third-order valence-electron chi connectivity index (χ3n) is 2.93. The molecule has 2 aromatic carbocycles. The van der Waals surface area contributed by atoms with Gasteiger partial charge in [-0.1, -0.05) is 30.3 Å². The second-order valence-electron chi connectivity index (χ2n) is 4.35. The summed E-state index contributed by atoms with van der Waals surface area (Å²) in [5, 5.41) is 11.9. The van der Waals surface area contributed by atoms with Crippen molar-refractivity contribution < 1.29 is 9.53 Å². The van der Waals surface area contributed by atoms with Crippen LogP contribution in [0.1, 0.15) is 5.56 Å². The lowest BCUT2D eigenvalue weighted by Gasteiger charge is -2.09. The number of halogens is 1. The van der Waals surface area contributed by atoms with E-state index in [1.165, 1.54) is 7.11 Å². The molecule has 0 radical (unpaired) electrons. The topological polar surface area (TPSA) is 62.1 Å². The van der Waals surface area contributed by atoms with Gasteiger partial charge in [0.25, 0.3) is 5.91 Å². The minimum absolute atomic E-state index is 0.0371. The van der Waals surface area contributed by atoms with E-state index in [4.69, 9.17) is 4.74 Å². The maximum Gasteiger partial charge on any atom is 0.266 e. The number of ether oxygens (including phenoxy) is 1. The molecule has 2 aromatic rings. The summed E-state index contributed by atoms with van der Waals surface area (Å²) in [7, 11) is 1.53. The van der Waals surface area contributed by atoms with Crippen LogP contribution in [0, 0.1) is 14.9 Å². The number of para-hydroxylation sites is 2. The van der Waals surface area contributed by atoms with Crippen molar-refractivity contribution in [2.24, 2.45) is 0 Å². The molecule has 0 aromatic heterocycles. The molecule has 1 N–H and O–H groups in total. The number of hydrogen-bond acceptors (Lipinski definition) is 3. The largest absolute Gasteiger partial charge is 0.495 e. The SMILES string of the molecule is COc1ccccc1NC(=O)/C(C#N)=C/c1ccccc1I. The summed E-state index contributed by atoms with van der Waals surface area (Å²) in [6.07, 6.45) is 1.58. The molecule has 0 bridgehead atoms. The standard InChI is InChI=1S/C17H13IN2O2/c1-22-16-9-5-4-8-15(16)20-17(21)13(11-19)10-12-6-2-3-7-14(12)18/h2-10H,1H3,(H,20,21)/b13-10+. The maximum atomic E-state index is 12.3. The lowest BCUT2D eigenvalue weighted by Crippen LogP contribution is -2.14. The highest BCUT2D eigenvalue weighted by atomic mass is 127. The Labute approximate surface area is 142 Å². The van der Waals surface area contributed by atoms with Crippen LogP contribution in [0.25, 0.3) is 6.08 Å². The van der Waals surface area contributed by atoms with Crippen LogP contribution in [0.3, 0.4) is 0 Å². The minimum Gasteiger partial charge on any atom is -0.495 e. The van der Waals surface area contributed by atoms with Gasteiger partial charge in [0.15, 0.2) is 0 Å². The summed E-state index contributed by atoms with van der Waals surface area (Å²) in [5.74, 6) is 0.0779.